The number of fused-ring (bicyclic) bond motifs is 1. The van der Waals surface area contributed by atoms with Gasteiger partial charge < -0.3 is 15.3 Å². The van der Waals surface area contributed by atoms with Gasteiger partial charge in [-0.3, -0.25) is 29.9 Å². The molecule has 20 rings (SSSR count). The minimum atomic E-state index is -0.170. The Morgan fingerprint density at radius 3 is 0.884 bits per heavy atom. The molecule has 0 saturated carbocycles. The van der Waals surface area contributed by atoms with Crippen molar-refractivity contribution in [1.29, 1.82) is 0 Å². The van der Waals surface area contributed by atoms with Crippen molar-refractivity contribution in [3.63, 3.8) is 0 Å². The summed E-state index contributed by atoms with van der Waals surface area (Å²) < 4.78 is 0. The van der Waals surface area contributed by atoms with E-state index in [1.54, 1.807) is 18.2 Å². The van der Waals surface area contributed by atoms with Gasteiger partial charge in [0.2, 0.25) is 20.1 Å². The summed E-state index contributed by atoms with van der Waals surface area (Å²) in [6.45, 7) is 31.1. The second kappa shape index (κ2) is 47.2. The Kier molecular flexibility index (Phi) is 34.4. The topological polar surface area (TPSA) is 138 Å². The number of pyridine rings is 6. The summed E-state index contributed by atoms with van der Waals surface area (Å²) in [5, 5.41) is 35.0. The van der Waals surface area contributed by atoms with Crippen LogP contribution in [0.25, 0.3) is 123 Å². The fraction of sp³-hybridized carbons (Fsp3) is 0.152. The molecule has 0 saturated heterocycles. The molecule has 0 radical (unpaired) electrons. The molecule has 0 fully saturated rings. The van der Waals surface area contributed by atoms with E-state index in [9.17, 15) is 15.3 Å². The van der Waals surface area contributed by atoms with Gasteiger partial charge in [0.15, 0.2) is 0 Å². The Bertz CT molecular complexity index is 7880. The van der Waals surface area contributed by atoms with E-state index in [1.165, 1.54) is 60.6 Å². The summed E-state index contributed by atoms with van der Waals surface area (Å²) in [7, 11) is 0. The second-order valence-electron chi connectivity index (χ2n) is 41.8. The van der Waals surface area contributed by atoms with Gasteiger partial charge in [-0.1, -0.05) is 380 Å². The fourth-order valence-corrected chi connectivity index (χ4v) is 19.1. The van der Waals surface area contributed by atoms with E-state index in [1.807, 2.05) is 122 Å². The zero-order chi connectivity index (χ0) is 100. The Hall–Kier alpha value is -14.1. The molecule has 0 amide bonds. The molecule has 9 nitrogen and oxygen atoms in total. The molecule has 0 bridgehead atoms. The normalized spacial score (nSPS) is 11.3. The van der Waals surface area contributed by atoms with Gasteiger partial charge in [0.05, 0.1) is 17.1 Å². The van der Waals surface area contributed by atoms with Gasteiger partial charge in [0.1, 0.15) is 17.2 Å². The van der Waals surface area contributed by atoms with E-state index in [-0.39, 0.29) is 122 Å². The van der Waals surface area contributed by atoms with Crippen molar-refractivity contribution in [2.45, 2.75) is 125 Å². The summed E-state index contributed by atoms with van der Waals surface area (Å²) in [5.74, 6) is 1.10. The first-order chi connectivity index (χ1) is 69.5. The van der Waals surface area contributed by atoms with Gasteiger partial charge in [0.25, 0.3) is 0 Å². The predicted molar refractivity (Wildman–Crippen MR) is 605 cm³/mol. The maximum absolute atomic E-state index is 11.0. The summed E-state index contributed by atoms with van der Waals surface area (Å²) in [6, 6.07) is 151. The van der Waals surface area contributed by atoms with Crippen LogP contribution in [0.1, 0.15) is 125 Å². The standard InChI is InChI=1S/C48H44BN2O.C46H42BN2O.C38H32BN2O.3Pt/c1-47(2,3)37-27-35(28-38(32-37)48(4,5)6)36-30-43(51-44(31-36)41-22-11-13-24-45(41)52)34-19-16-20-39(29-34)49(46-25-14-15-26-50-46)42-23-12-10-21-40(42)33-17-8-7-9-18-33;1-45(2,3)35-25-33(26-36(30-35)46(4,5)6)34-28-41(49-42(29-34)39-20-9-10-22-43(39)50)32-17-13-18-37(27-32)47(44-23-11-12-24-48-44)40-21-14-16-31-15-7-8-19-38(31)40;1-27(2)23-28-24-35(41-36(25-28)33-18-7-9-20-37(33)42)30-15-12-16-31(26-30)39(38-21-10-11-22-40-38)34-19-8-6-17-32(34)29-13-4-3-5-14-29;;;/h7-28,30-32,52H,1-6H3;7-26,28-30,50H,1-6H3;3-22,24-25,27,42H,23H2,1-2H3;;;/q3*-1;;;. The van der Waals surface area contributed by atoms with E-state index in [0.717, 1.165) is 123 Å². The number of hydrogen-bond acceptors (Lipinski definition) is 9. The number of benzene rings is 14. The number of nitrogens with zero attached hydrogens (tertiary/aromatic N) is 6. The smallest absolute Gasteiger partial charge is 0.247 e. The summed E-state index contributed by atoms with van der Waals surface area (Å²) in [6.07, 6.45) is 6.49. The molecule has 3 N–H and O–H groups in total. The van der Waals surface area contributed by atoms with Crippen LogP contribution in [-0.4, -0.2) is 65.4 Å². The monoisotopic (exact) mass is 2450 g/mol. The maximum Gasteiger partial charge on any atom is 0.247 e. The van der Waals surface area contributed by atoms with Crippen LogP contribution in [0.15, 0.2) is 425 Å². The van der Waals surface area contributed by atoms with Crippen molar-refractivity contribution < 1.29 is 78.5 Å². The summed E-state index contributed by atoms with van der Waals surface area (Å²) >= 11 is 0. The van der Waals surface area contributed by atoms with E-state index < -0.39 is 0 Å². The van der Waals surface area contributed by atoms with Gasteiger partial charge >= 0.3 is 0 Å². The molecule has 736 valence electrons. The van der Waals surface area contributed by atoms with Crippen molar-refractivity contribution >= 4 is 80.5 Å². The summed E-state index contributed by atoms with van der Waals surface area (Å²) in [5.41, 5.74) is 33.9. The van der Waals surface area contributed by atoms with Crippen molar-refractivity contribution in [2.75, 3.05) is 0 Å². The van der Waals surface area contributed by atoms with Crippen molar-refractivity contribution in [2.24, 2.45) is 5.92 Å². The minimum Gasteiger partial charge on any atom is -0.507 e. The van der Waals surface area contributed by atoms with Crippen molar-refractivity contribution in [3.05, 3.63) is 471 Å². The van der Waals surface area contributed by atoms with Gasteiger partial charge in [-0.25, -0.2) is 0 Å². The number of phenols is 3. The quantitative estimate of drug-likeness (QED) is 0.0474. The zero-order valence-corrected chi connectivity index (χ0v) is 92.2. The van der Waals surface area contributed by atoms with E-state index >= 15 is 0 Å². The molecule has 20 aromatic rings. The van der Waals surface area contributed by atoms with Gasteiger partial charge in [-0.05, 0) is 220 Å². The third kappa shape index (κ3) is 25.4. The largest absolute Gasteiger partial charge is 0.507 e. The number of phenolic OH excluding ortho intramolecular Hbond substituents is 3. The number of rotatable bonds is 21. The third-order valence-corrected chi connectivity index (χ3v) is 26.7. The minimum absolute atomic E-state index is 0. The Morgan fingerprint density at radius 2 is 0.531 bits per heavy atom. The van der Waals surface area contributed by atoms with E-state index in [4.69, 9.17) is 29.9 Å². The molecule has 6 aromatic heterocycles. The number of para-hydroxylation sites is 3. The predicted octanol–water partition coefficient (Wildman–Crippen LogP) is 25.7. The SMILES string of the molecule is CC(C)(C)c1cc(-c2cc(-c3[c-]c(B(c4ccccn4)c4cccc5ccccc45)ccc3)nc(-c3ccccc3O)c2)cc(C(C)(C)C)c1.CC(C)(C)c1cc(-c2cc(-c3[c-]c(B(c4ccccn4)c4ccccc4-c4ccccc4)ccc3)nc(-c3ccccc3O)c2)cc(C(C)(C)C)c1.CC(C)Cc1cc(-c2[c-]c(B(c3ccccn3)c3ccccc3-c3ccccc3)ccc2)nc(-c2ccccc2O)c1.[Pt].[Pt].[Pt]. The van der Waals surface area contributed by atoms with Crippen LogP contribution in [0.2, 0.25) is 0 Å². The molecule has 147 heavy (non-hydrogen) atoms. The van der Waals surface area contributed by atoms with E-state index in [0.29, 0.717) is 28.4 Å². The molecule has 0 unspecified atom stereocenters. The average Bonchev–Trinajstić information content (AvgIpc) is 0.749. The van der Waals surface area contributed by atoms with Gasteiger partial charge in [0, 0.05) is 115 Å². The molecule has 6 heterocycles. The Morgan fingerprint density at radius 1 is 0.252 bits per heavy atom. The molecule has 0 aliphatic heterocycles. The molecule has 14 aromatic carbocycles. The molecule has 0 aliphatic carbocycles. The molecule has 15 heteroatoms. The molecule has 0 aliphatic rings. The third-order valence-electron chi connectivity index (χ3n) is 26.7. The molecular weight excluding hydrogens is 2340 g/mol. The maximum atomic E-state index is 11.0. The Balaban J connectivity index is 0.000000165. The van der Waals surface area contributed by atoms with Gasteiger partial charge in [-0.15, -0.1) is 89.5 Å². The van der Waals surface area contributed by atoms with Crippen molar-refractivity contribution in [1.82, 2.24) is 29.9 Å². The summed E-state index contributed by atoms with van der Waals surface area (Å²) in [4.78, 5) is 30.0. The Labute approximate surface area is 912 Å². The van der Waals surface area contributed by atoms with Crippen LogP contribution in [0.5, 0.6) is 17.2 Å². The molecule has 0 atom stereocenters. The fourth-order valence-electron chi connectivity index (χ4n) is 19.1. The first kappa shape index (κ1) is 107. The van der Waals surface area contributed by atoms with E-state index in [2.05, 4.69) is 400 Å². The van der Waals surface area contributed by atoms with Crippen LogP contribution < -0.4 is 49.6 Å². The molecule has 0 spiro atoms. The zero-order valence-electron chi connectivity index (χ0n) is 85.4. The number of hydrogen-bond donors (Lipinski definition) is 3. The van der Waals surface area contributed by atoms with Gasteiger partial charge in [-0.2, -0.15) is 16.4 Å². The molecular formula is C132H118B3N6O3Pt3-3. The average molecular weight is 2450 g/mol. The van der Waals surface area contributed by atoms with Crippen LogP contribution in [0.3, 0.4) is 0 Å². The first-order valence-corrected chi connectivity index (χ1v) is 49.8. The van der Waals surface area contributed by atoms with Crippen LogP contribution >= 0.6 is 0 Å². The van der Waals surface area contributed by atoms with Crippen LogP contribution in [-0.2, 0) is 91.3 Å². The van der Waals surface area contributed by atoms with Crippen LogP contribution in [0.4, 0.5) is 0 Å². The van der Waals surface area contributed by atoms with Crippen LogP contribution in [0, 0.1) is 24.1 Å². The first-order valence-electron chi connectivity index (χ1n) is 49.8. The van der Waals surface area contributed by atoms with Crippen molar-refractivity contribution in [3.8, 4) is 129 Å². The number of aromatic hydroxyl groups is 3. The number of aromatic nitrogens is 6. The second-order valence-corrected chi connectivity index (χ2v) is 41.8.